The van der Waals surface area contributed by atoms with Crippen LogP contribution in [0, 0.1) is 0 Å². The molecule has 76 valence electrons. The van der Waals surface area contributed by atoms with Crippen LogP contribution in [0.2, 0.25) is 0 Å². The van der Waals surface area contributed by atoms with E-state index in [2.05, 4.69) is 16.7 Å². The summed E-state index contributed by atoms with van der Waals surface area (Å²) in [5, 5.41) is 0. The van der Waals surface area contributed by atoms with Crippen molar-refractivity contribution < 1.29 is 4.39 Å². The maximum atomic E-state index is 13.7. The van der Waals surface area contributed by atoms with E-state index in [-0.39, 0.29) is 6.04 Å². The molecule has 2 aliphatic rings. The van der Waals surface area contributed by atoms with Gasteiger partial charge in [-0.25, -0.2) is 4.39 Å². The van der Waals surface area contributed by atoms with E-state index in [4.69, 9.17) is 0 Å². The second kappa shape index (κ2) is 3.93. The molecule has 2 atom stereocenters. The van der Waals surface area contributed by atoms with E-state index >= 15 is 0 Å². The van der Waals surface area contributed by atoms with Crippen LogP contribution in [0.25, 0.3) is 0 Å². The van der Waals surface area contributed by atoms with Crippen LogP contribution in [0.4, 0.5) is 4.39 Å². The molecule has 0 bridgehead atoms. The molecule has 0 radical (unpaired) electrons. The second-order valence-electron chi connectivity index (χ2n) is 4.15. The molecular formula is C10H19FN2. The highest BCUT2D eigenvalue weighted by Gasteiger charge is 2.34. The number of hydrogen-bond donors (Lipinski definition) is 0. The minimum absolute atomic E-state index is 0.233. The van der Waals surface area contributed by atoms with Crippen LogP contribution >= 0.6 is 0 Å². The molecule has 2 aliphatic heterocycles. The van der Waals surface area contributed by atoms with Crippen LogP contribution < -0.4 is 0 Å². The van der Waals surface area contributed by atoms with Gasteiger partial charge in [0.15, 0.2) is 0 Å². The highest BCUT2D eigenvalue weighted by Crippen LogP contribution is 2.23. The number of likely N-dealkylation sites (tertiary alicyclic amines) is 2. The van der Waals surface area contributed by atoms with Crippen molar-refractivity contribution >= 4 is 0 Å². The van der Waals surface area contributed by atoms with Crippen molar-refractivity contribution in [3.05, 3.63) is 0 Å². The maximum Gasteiger partial charge on any atom is 0.128 e. The molecule has 0 aromatic heterocycles. The zero-order valence-electron chi connectivity index (χ0n) is 8.38. The first-order valence-corrected chi connectivity index (χ1v) is 5.41. The van der Waals surface area contributed by atoms with Crippen LogP contribution in [0.5, 0.6) is 0 Å². The van der Waals surface area contributed by atoms with Gasteiger partial charge in [0.25, 0.3) is 0 Å². The first-order chi connectivity index (χ1) is 6.31. The van der Waals surface area contributed by atoms with Gasteiger partial charge in [0.05, 0.1) is 0 Å². The summed E-state index contributed by atoms with van der Waals surface area (Å²) in [6, 6.07) is 0.233. The number of piperidine rings is 1. The van der Waals surface area contributed by atoms with E-state index < -0.39 is 6.17 Å². The van der Waals surface area contributed by atoms with Crippen molar-refractivity contribution in [2.75, 3.05) is 32.7 Å². The van der Waals surface area contributed by atoms with Gasteiger partial charge in [-0.3, -0.25) is 4.90 Å². The summed E-state index contributed by atoms with van der Waals surface area (Å²) >= 11 is 0. The average Bonchev–Trinajstić information content (AvgIpc) is 2.05. The summed E-state index contributed by atoms with van der Waals surface area (Å²) in [7, 11) is 0. The molecule has 13 heavy (non-hydrogen) atoms. The highest BCUT2D eigenvalue weighted by molar-refractivity contribution is 4.89. The standard InChI is InChI=1S/C10H19FN2/c1-2-12-7-4-10(9(11)8-12)13-5-3-6-13/h9-10H,2-8H2,1H3. The summed E-state index contributed by atoms with van der Waals surface area (Å²) in [6.45, 7) is 7.08. The van der Waals surface area contributed by atoms with Gasteiger partial charge in [-0.15, -0.1) is 0 Å². The van der Waals surface area contributed by atoms with Gasteiger partial charge in [-0.05, 0) is 39.0 Å². The lowest BCUT2D eigenvalue weighted by Gasteiger charge is -2.44. The summed E-state index contributed by atoms with van der Waals surface area (Å²) < 4.78 is 13.7. The van der Waals surface area contributed by atoms with Crippen LogP contribution in [0.1, 0.15) is 19.8 Å². The Morgan fingerprint density at radius 3 is 2.54 bits per heavy atom. The SMILES string of the molecule is CCN1CCC(N2CCC2)C(F)C1. The van der Waals surface area contributed by atoms with Crippen molar-refractivity contribution in [2.24, 2.45) is 0 Å². The first kappa shape index (κ1) is 9.41. The quantitative estimate of drug-likeness (QED) is 0.638. The largest absolute Gasteiger partial charge is 0.301 e. The molecule has 2 unspecified atom stereocenters. The fraction of sp³-hybridized carbons (Fsp3) is 1.00. The molecular weight excluding hydrogens is 167 g/mol. The Hall–Kier alpha value is -0.150. The second-order valence-corrected chi connectivity index (χ2v) is 4.15. The lowest BCUT2D eigenvalue weighted by Crippen LogP contribution is -2.56. The zero-order valence-corrected chi connectivity index (χ0v) is 8.38. The molecule has 2 heterocycles. The van der Waals surface area contributed by atoms with Gasteiger partial charge in [0.2, 0.25) is 0 Å². The van der Waals surface area contributed by atoms with Gasteiger partial charge in [0, 0.05) is 12.6 Å². The Labute approximate surface area is 79.7 Å². The van der Waals surface area contributed by atoms with E-state index in [0.29, 0.717) is 6.54 Å². The van der Waals surface area contributed by atoms with Crippen molar-refractivity contribution in [1.82, 2.24) is 9.80 Å². The molecule has 3 heteroatoms. The Balaban J connectivity index is 1.85. The predicted molar refractivity (Wildman–Crippen MR) is 51.6 cm³/mol. The average molecular weight is 186 g/mol. The van der Waals surface area contributed by atoms with Crippen molar-refractivity contribution in [3.63, 3.8) is 0 Å². The number of rotatable bonds is 2. The molecule has 2 rings (SSSR count). The third-order valence-corrected chi connectivity index (χ3v) is 3.40. The molecule has 2 fully saturated rings. The summed E-state index contributed by atoms with van der Waals surface area (Å²) in [4.78, 5) is 4.51. The highest BCUT2D eigenvalue weighted by atomic mass is 19.1. The van der Waals surface area contributed by atoms with Crippen molar-refractivity contribution in [1.29, 1.82) is 0 Å². The van der Waals surface area contributed by atoms with Gasteiger partial charge in [-0.2, -0.15) is 0 Å². The van der Waals surface area contributed by atoms with Crippen molar-refractivity contribution in [3.8, 4) is 0 Å². The smallest absolute Gasteiger partial charge is 0.128 e. The monoisotopic (exact) mass is 186 g/mol. The number of halogens is 1. The minimum Gasteiger partial charge on any atom is -0.301 e. The van der Waals surface area contributed by atoms with E-state index in [9.17, 15) is 4.39 Å². The Morgan fingerprint density at radius 1 is 1.31 bits per heavy atom. The normalized spacial score (nSPS) is 37.4. The Bertz CT molecular complexity index is 170. The summed E-state index contributed by atoms with van der Waals surface area (Å²) in [5.74, 6) is 0. The van der Waals surface area contributed by atoms with Gasteiger partial charge < -0.3 is 4.90 Å². The molecule has 0 spiro atoms. The zero-order chi connectivity index (χ0) is 9.26. The van der Waals surface area contributed by atoms with Gasteiger partial charge >= 0.3 is 0 Å². The maximum absolute atomic E-state index is 13.7. The topological polar surface area (TPSA) is 6.48 Å². The molecule has 0 amide bonds. The molecule has 0 aromatic rings. The van der Waals surface area contributed by atoms with Crippen LogP contribution in [0.3, 0.4) is 0 Å². The van der Waals surface area contributed by atoms with Crippen LogP contribution in [-0.4, -0.2) is 54.7 Å². The molecule has 0 saturated carbocycles. The number of nitrogens with zero attached hydrogens (tertiary/aromatic N) is 2. The Kier molecular flexibility index (Phi) is 2.84. The third-order valence-electron chi connectivity index (χ3n) is 3.40. The minimum atomic E-state index is -0.617. The fourth-order valence-corrected chi connectivity index (χ4v) is 2.33. The molecule has 2 nitrogen and oxygen atoms in total. The number of alkyl halides is 1. The first-order valence-electron chi connectivity index (χ1n) is 5.41. The lowest BCUT2D eigenvalue weighted by molar-refractivity contribution is 0.00566. The van der Waals surface area contributed by atoms with E-state index in [0.717, 1.165) is 32.6 Å². The van der Waals surface area contributed by atoms with Gasteiger partial charge in [-0.1, -0.05) is 6.92 Å². The molecule has 0 N–H and O–H groups in total. The molecule has 2 saturated heterocycles. The fourth-order valence-electron chi connectivity index (χ4n) is 2.33. The van der Waals surface area contributed by atoms with Gasteiger partial charge in [0.1, 0.15) is 6.17 Å². The summed E-state index contributed by atoms with van der Waals surface area (Å²) in [6.07, 6.45) is 1.67. The third kappa shape index (κ3) is 1.86. The number of hydrogen-bond acceptors (Lipinski definition) is 2. The molecule has 0 aliphatic carbocycles. The van der Waals surface area contributed by atoms with E-state index in [1.54, 1.807) is 0 Å². The Morgan fingerprint density at radius 2 is 2.08 bits per heavy atom. The predicted octanol–water partition coefficient (Wildman–Crippen LogP) is 1.12. The lowest BCUT2D eigenvalue weighted by atomic mass is 9.98. The summed E-state index contributed by atoms with van der Waals surface area (Å²) in [5.41, 5.74) is 0. The van der Waals surface area contributed by atoms with E-state index in [1.807, 2.05) is 0 Å². The van der Waals surface area contributed by atoms with Crippen LogP contribution in [-0.2, 0) is 0 Å². The van der Waals surface area contributed by atoms with Crippen LogP contribution in [0.15, 0.2) is 0 Å². The van der Waals surface area contributed by atoms with Crippen molar-refractivity contribution in [2.45, 2.75) is 32.0 Å². The van der Waals surface area contributed by atoms with E-state index in [1.165, 1.54) is 6.42 Å². The molecule has 0 aromatic carbocycles.